The lowest BCUT2D eigenvalue weighted by Gasteiger charge is -2.29. The Morgan fingerprint density at radius 1 is 1.38 bits per heavy atom. The van der Waals surface area contributed by atoms with Gasteiger partial charge in [-0.25, -0.2) is 4.39 Å². The molecule has 0 amide bonds. The van der Waals surface area contributed by atoms with E-state index in [4.69, 9.17) is 5.73 Å². The van der Waals surface area contributed by atoms with Gasteiger partial charge in [0, 0.05) is 17.5 Å². The number of nitrogens with two attached hydrogens (primary N) is 1. The standard InChI is InChI=1S/C13H18FNO/c1-9-4-5-10(16)11(12(9)14)13(8-15)6-2-3-7-13/h4-5,16H,2-3,6-8,15H2,1H3. The molecule has 1 aromatic rings. The van der Waals surface area contributed by atoms with Crippen LogP contribution < -0.4 is 5.73 Å². The normalized spacial score (nSPS) is 18.9. The fourth-order valence-electron chi connectivity index (χ4n) is 2.78. The summed E-state index contributed by atoms with van der Waals surface area (Å²) in [4.78, 5) is 0. The van der Waals surface area contributed by atoms with Crippen molar-refractivity contribution in [1.29, 1.82) is 0 Å². The van der Waals surface area contributed by atoms with Gasteiger partial charge in [-0.1, -0.05) is 18.9 Å². The van der Waals surface area contributed by atoms with Crippen molar-refractivity contribution in [2.75, 3.05) is 6.54 Å². The quantitative estimate of drug-likeness (QED) is 0.809. The predicted molar refractivity (Wildman–Crippen MR) is 62.0 cm³/mol. The van der Waals surface area contributed by atoms with Crippen LogP contribution in [0.4, 0.5) is 4.39 Å². The number of phenols is 1. The van der Waals surface area contributed by atoms with E-state index in [1.165, 1.54) is 0 Å². The number of hydrogen-bond donors (Lipinski definition) is 2. The number of aromatic hydroxyl groups is 1. The summed E-state index contributed by atoms with van der Waals surface area (Å²) in [6, 6.07) is 3.18. The first kappa shape index (κ1) is 11.4. The molecule has 1 fully saturated rings. The third kappa shape index (κ3) is 1.59. The van der Waals surface area contributed by atoms with E-state index in [0.717, 1.165) is 25.7 Å². The fraction of sp³-hybridized carbons (Fsp3) is 0.538. The van der Waals surface area contributed by atoms with E-state index in [1.54, 1.807) is 19.1 Å². The Labute approximate surface area is 95.3 Å². The number of phenolic OH excluding ortho intramolecular Hbond substituents is 1. The molecule has 0 saturated heterocycles. The van der Waals surface area contributed by atoms with Gasteiger partial charge in [-0.2, -0.15) is 0 Å². The van der Waals surface area contributed by atoms with Gasteiger partial charge in [0.1, 0.15) is 11.6 Å². The van der Waals surface area contributed by atoms with Gasteiger partial charge in [0.05, 0.1) is 0 Å². The summed E-state index contributed by atoms with van der Waals surface area (Å²) in [5.41, 5.74) is 6.48. The summed E-state index contributed by atoms with van der Waals surface area (Å²) in [6.07, 6.45) is 3.86. The second-order valence-corrected chi connectivity index (χ2v) is 4.78. The minimum absolute atomic E-state index is 0.0513. The minimum Gasteiger partial charge on any atom is -0.508 e. The molecule has 1 aliphatic carbocycles. The average molecular weight is 223 g/mol. The van der Waals surface area contributed by atoms with Crippen LogP contribution in [0.1, 0.15) is 36.8 Å². The van der Waals surface area contributed by atoms with E-state index < -0.39 is 0 Å². The summed E-state index contributed by atoms with van der Waals surface area (Å²) in [5.74, 6) is -0.234. The Balaban J connectivity index is 2.57. The van der Waals surface area contributed by atoms with Crippen LogP contribution in [-0.4, -0.2) is 11.7 Å². The van der Waals surface area contributed by atoms with Gasteiger partial charge in [0.15, 0.2) is 0 Å². The van der Waals surface area contributed by atoms with Crippen molar-refractivity contribution in [3.8, 4) is 5.75 Å². The molecule has 1 saturated carbocycles. The second kappa shape index (κ2) is 4.06. The van der Waals surface area contributed by atoms with Crippen LogP contribution in [-0.2, 0) is 5.41 Å². The van der Waals surface area contributed by atoms with Crippen LogP contribution in [0.2, 0.25) is 0 Å². The van der Waals surface area contributed by atoms with Gasteiger partial charge in [-0.3, -0.25) is 0 Å². The summed E-state index contributed by atoms with van der Waals surface area (Å²) < 4.78 is 14.1. The molecule has 0 unspecified atom stereocenters. The van der Waals surface area contributed by atoms with Crippen molar-refractivity contribution in [2.45, 2.75) is 38.0 Å². The molecule has 0 aromatic heterocycles. The number of rotatable bonds is 2. The van der Waals surface area contributed by atoms with Crippen molar-refractivity contribution in [1.82, 2.24) is 0 Å². The molecule has 0 radical (unpaired) electrons. The van der Waals surface area contributed by atoms with E-state index in [-0.39, 0.29) is 17.0 Å². The van der Waals surface area contributed by atoms with Crippen molar-refractivity contribution in [3.63, 3.8) is 0 Å². The highest BCUT2D eigenvalue weighted by atomic mass is 19.1. The Morgan fingerprint density at radius 2 is 2.00 bits per heavy atom. The average Bonchev–Trinajstić information content (AvgIpc) is 2.74. The molecule has 0 aliphatic heterocycles. The lowest BCUT2D eigenvalue weighted by molar-refractivity contribution is 0.384. The SMILES string of the molecule is Cc1ccc(O)c(C2(CN)CCCC2)c1F. The summed E-state index contributed by atoms with van der Waals surface area (Å²) in [6.45, 7) is 2.12. The van der Waals surface area contributed by atoms with Gasteiger partial charge < -0.3 is 10.8 Å². The Bertz CT molecular complexity index is 397. The van der Waals surface area contributed by atoms with E-state index in [2.05, 4.69) is 0 Å². The Morgan fingerprint density at radius 3 is 2.56 bits per heavy atom. The molecule has 0 spiro atoms. The molecule has 1 aromatic carbocycles. The van der Waals surface area contributed by atoms with Crippen LogP contribution in [0.3, 0.4) is 0 Å². The molecule has 0 atom stereocenters. The molecule has 3 N–H and O–H groups in total. The molecule has 0 bridgehead atoms. The fourth-order valence-corrected chi connectivity index (χ4v) is 2.78. The third-order valence-corrected chi connectivity index (χ3v) is 3.79. The van der Waals surface area contributed by atoms with Gasteiger partial charge in [-0.15, -0.1) is 0 Å². The zero-order chi connectivity index (χ0) is 11.8. The van der Waals surface area contributed by atoms with E-state index >= 15 is 0 Å². The summed E-state index contributed by atoms with van der Waals surface area (Å²) >= 11 is 0. The van der Waals surface area contributed by atoms with Crippen LogP contribution in [0.25, 0.3) is 0 Å². The zero-order valence-corrected chi connectivity index (χ0v) is 9.59. The smallest absolute Gasteiger partial charge is 0.133 e. The molecular formula is C13H18FNO. The van der Waals surface area contributed by atoms with E-state index in [9.17, 15) is 9.50 Å². The number of hydrogen-bond acceptors (Lipinski definition) is 2. The molecule has 2 nitrogen and oxygen atoms in total. The van der Waals surface area contributed by atoms with Crippen molar-refractivity contribution in [3.05, 3.63) is 29.1 Å². The highest BCUT2D eigenvalue weighted by Crippen LogP contribution is 2.45. The molecule has 1 aliphatic rings. The maximum atomic E-state index is 14.1. The monoisotopic (exact) mass is 223 g/mol. The van der Waals surface area contributed by atoms with Gasteiger partial charge in [0.25, 0.3) is 0 Å². The largest absolute Gasteiger partial charge is 0.508 e. The first-order valence-electron chi connectivity index (χ1n) is 5.79. The number of aryl methyl sites for hydroxylation is 1. The van der Waals surface area contributed by atoms with Crippen molar-refractivity contribution >= 4 is 0 Å². The van der Waals surface area contributed by atoms with Gasteiger partial charge in [-0.05, 0) is 31.4 Å². The third-order valence-electron chi connectivity index (χ3n) is 3.79. The van der Waals surface area contributed by atoms with Crippen LogP contribution >= 0.6 is 0 Å². The highest BCUT2D eigenvalue weighted by molar-refractivity contribution is 5.43. The summed E-state index contributed by atoms with van der Waals surface area (Å²) in [5, 5.41) is 9.88. The van der Waals surface area contributed by atoms with Crippen LogP contribution in [0.15, 0.2) is 12.1 Å². The molecule has 16 heavy (non-hydrogen) atoms. The molecule has 88 valence electrons. The second-order valence-electron chi connectivity index (χ2n) is 4.78. The van der Waals surface area contributed by atoms with Crippen molar-refractivity contribution in [2.24, 2.45) is 5.73 Å². The Kier molecular flexibility index (Phi) is 2.89. The topological polar surface area (TPSA) is 46.2 Å². The van der Waals surface area contributed by atoms with Crippen LogP contribution in [0.5, 0.6) is 5.75 Å². The zero-order valence-electron chi connectivity index (χ0n) is 9.59. The van der Waals surface area contributed by atoms with Gasteiger partial charge >= 0.3 is 0 Å². The van der Waals surface area contributed by atoms with Gasteiger partial charge in [0.2, 0.25) is 0 Å². The lowest BCUT2D eigenvalue weighted by Crippen LogP contribution is -2.33. The first-order chi connectivity index (χ1) is 7.60. The number of halogens is 1. The van der Waals surface area contributed by atoms with E-state index in [1.807, 2.05) is 0 Å². The predicted octanol–water partition coefficient (Wildman–Crippen LogP) is 2.61. The van der Waals surface area contributed by atoms with Crippen molar-refractivity contribution < 1.29 is 9.50 Å². The Hall–Kier alpha value is -1.09. The lowest BCUT2D eigenvalue weighted by atomic mass is 9.77. The first-order valence-corrected chi connectivity index (χ1v) is 5.79. The molecule has 3 heteroatoms. The number of benzene rings is 1. The van der Waals surface area contributed by atoms with Crippen LogP contribution in [0, 0.1) is 12.7 Å². The highest BCUT2D eigenvalue weighted by Gasteiger charge is 2.38. The maximum Gasteiger partial charge on any atom is 0.133 e. The molecule has 2 rings (SSSR count). The summed E-state index contributed by atoms with van der Waals surface area (Å²) in [7, 11) is 0. The minimum atomic E-state index is -0.347. The van der Waals surface area contributed by atoms with E-state index in [0.29, 0.717) is 17.7 Å². The molecule has 0 heterocycles. The maximum absolute atomic E-state index is 14.1. The molecular weight excluding hydrogens is 205 g/mol.